The molecule has 0 radical (unpaired) electrons. The van der Waals surface area contributed by atoms with Gasteiger partial charge in [0.15, 0.2) is 0 Å². The number of rotatable bonds is 14. The maximum atomic E-state index is 12.9. The van der Waals surface area contributed by atoms with Gasteiger partial charge in [0.25, 0.3) is 0 Å². The van der Waals surface area contributed by atoms with Crippen LogP contribution in [-0.4, -0.2) is 67.2 Å². The second-order valence-electron chi connectivity index (χ2n) is 9.41. The Morgan fingerprint density at radius 2 is 1.69 bits per heavy atom. The van der Waals surface area contributed by atoms with E-state index in [4.69, 9.17) is 16.2 Å². The smallest absolute Gasteiger partial charge is 0.407 e. The molecule has 13 nitrogen and oxygen atoms in total. The minimum atomic E-state index is -0.871. The summed E-state index contributed by atoms with van der Waals surface area (Å²) in [6.45, 7) is 9.64. The Hall–Kier alpha value is -4.00. The number of nitrogens with two attached hydrogens (primary N) is 2. The number of carbonyl (C=O) groups is 4. The van der Waals surface area contributed by atoms with E-state index in [1.807, 2.05) is 27.7 Å². The first-order valence-corrected chi connectivity index (χ1v) is 12.9. The van der Waals surface area contributed by atoms with Crippen LogP contribution in [0.15, 0.2) is 34.3 Å². The molecule has 39 heavy (non-hydrogen) atoms. The van der Waals surface area contributed by atoms with Crippen LogP contribution in [-0.2, 0) is 20.9 Å². The lowest BCUT2D eigenvalue weighted by atomic mass is 10.0. The van der Waals surface area contributed by atoms with E-state index in [1.54, 1.807) is 37.4 Å². The Bertz CT molecular complexity index is 1010. The number of urea groups is 1. The highest BCUT2D eigenvalue weighted by Gasteiger charge is 2.25. The molecule has 13 heteroatoms. The van der Waals surface area contributed by atoms with Crippen LogP contribution in [0.25, 0.3) is 0 Å². The van der Waals surface area contributed by atoms with E-state index in [2.05, 4.69) is 31.3 Å². The number of amidine groups is 1. The fraction of sp³-hybridized carbons (Fsp3) is 0.538. The van der Waals surface area contributed by atoms with Crippen LogP contribution in [0.1, 0.15) is 53.0 Å². The Labute approximate surface area is 229 Å². The first-order valence-electron chi connectivity index (χ1n) is 12.9. The predicted octanol–water partition coefficient (Wildman–Crippen LogP) is 1.67. The Morgan fingerprint density at radius 3 is 2.26 bits per heavy atom. The average Bonchev–Trinajstić information content (AvgIpc) is 2.87. The standard InChI is InChI=1S/C26H42N8O5/c1-6-29-21(32-17(4)5)14-31-26(38)39-15-18-9-11-19(12-10-18)33-23(35)20(8-7-13-30-25(28)37)34-24(36)22(27)16(2)3/h6,9-12,16-17,20,22H,7-8,13-15,27H2,1-5H3,(H,31,38)(H,33,35)(H,34,36)(H3,28,30,37)/t20-,22-/m0/s1. The number of carbonyl (C=O) groups excluding carboxylic acids is 4. The Morgan fingerprint density at radius 1 is 1.03 bits per heavy atom. The topological polar surface area (TPSA) is 202 Å². The molecule has 0 heterocycles. The number of primary amides is 1. The number of nitrogens with one attached hydrogen (secondary N) is 4. The van der Waals surface area contributed by atoms with E-state index in [0.717, 1.165) is 0 Å². The van der Waals surface area contributed by atoms with E-state index >= 15 is 0 Å². The zero-order valence-electron chi connectivity index (χ0n) is 23.3. The molecule has 0 aliphatic carbocycles. The number of alkyl carbamates (subject to hydrolysis) is 1. The van der Waals surface area contributed by atoms with Crippen LogP contribution in [0.5, 0.6) is 0 Å². The average molecular weight is 547 g/mol. The van der Waals surface area contributed by atoms with Gasteiger partial charge in [-0.05, 0) is 57.2 Å². The van der Waals surface area contributed by atoms with Crippen molar-refractivity contribution in [2.75, 3.05) is 18.4 Å². The molecule has 1 rings (SSSR count). The molecule has 5 amide bonds. The van der Waals surface area contributed by atoms with E-state index in [0.29, 0.717) is 23.5 Å². The summed E-state index contributed by atoms with van der Waals surface area (Å²) < 4.78 is 5.24. The Kier molecular flexibility index (Phi) is 14.8. The minimum absolute atomic E-state index is 0.0202. The highest BCUT2D eigenvalue weighted by molar-refractivity contribution is 5.98. The molecule has 0 spiro atoms. The van der Waals surface area contributed by atoms with Crippen molar-refractivity contribution >= 4 is 41.7 Å². The third-order valence-electron chi connectivity index (χ3n) is 5.29. The van der Waals surface area contributed by atoms with Crippen LogP contribution in [0.3, 0.4) is 0 Å². The lowest BCUT2D eigenvalue weighted by Gasteiger charge is -2.22. The van der Waals surface area contributed by atoms with Gasteiger partial charge in [0.1, 0.15) is 18.5 Å². The molecule has 0 fully saturated rings. The van der Waals surface area contributed by atoms with Crippen molar-refractivity contribution in [3.05, 3.63) is 29.8 Å². The summed E-state index contributed by atoms with van der Waals surface area (Å²) in [5.74, 6) is -0.491. The highest BCUT2D eigenvalue weighted by atomic mass is 16.5. The molecule has 0 saturated carbocycles. The summed E-state index contributed by atoms with van der Waals surface area (Å²) in [5, 5.41) is 10.5. The molecule has 0 bridgehead atoms. The first-order chi connectivity index (χ1) is 18.4. The van der Waals surface area contributed by atoms with E-state index in [1.165, 1.54) is 0 Å². The largest absolute Gasteiger partial charge is 0.445 e. The van der Waals surface area contributed by atoms with Gasteiger partial charge < -0.3 is 37.5 Å². The molecular weight excluding hydrogens is 504 g/mol. The number of aliphatic imine (C=N–C) groups is 2. The van der Waals surface area contributed by atoms with Crippen LogP contribution in [0.4, 0.5) is 15.3 Å². The third kappa shape index (κ3) is 13.9. The maximum Gasteiger partial charge on any atom is 0.407 e. The van der Waals surface area contributed by atoms with Crippen molar-refractivity contribution < 1.29 is 23.9 Å². The molecule has 0 unspecified atom stereocenters. The maximum absolute atomic E-state index is 12.9. The molecule has 0 aliphatic rings. The van der Waals surface area contributed by atoms with Gasteiger partial charge in [-0.2, -0.15) is 0 Å². The number of ether oxygens (including phenoxy) is 1. The van der Waals surface area contributed by atoms with Gasteiger partial charge in [-0.1, -0.05) is 26.0 Å². The van der Waals surface area contributed by atoms with E-state index < -0.39 is 36.0 Å². The summed E-state index contributed by atoms with van der Waals surface area (Å²) in [7, 11) is 0. The Balaban J connectivity index is 2.69. The molecule has 216 valence electrons. The second kappa shape index (κ2) is 17.5. The molecule has 2 atom stereocenters. The fourth-order valence-electron chi connectivity index (χ4n) is 3.19. The van der Waals surface area contributed by atoms with Gasteiger partial charge in [-0.25, -0.2) is 14.6 Å². The van der Waals surface area contributed by atoms with Crippen molar-refractivity contribution in [1.29, 1.82) is 0 Å². The zero-order chi connectivity index (χ0) is 29.4. The lowest BCUT2D eigenvalue weighted by molar-refractivity contribution is -0.128. The molecule has 8 N–H and O–H groups in total. The number of hydrogen-bond donors (Lipinski definition) is 6. The molecule has 0 aromatic heterocycles. The van der Waals surface area contributed by atoms with Crippen LogP contribution < -0.4 is 32.7 Å². The van der Waals surface area contributed by atoms with Crippen molar-refractivity contribution in [2.24, 2.45) is 27.4 Å². The van der Waals surface area contributed by atoms with Crippen LogP contribution >= 0.6 is 0 Å². The SMILES string of the molecule is CC=NC(CNC(=O)OCc1ccc(NC(=O)[C@H](CCCNC(N)=O)NC(=O)[C@@H](N)C(C)C)cc1)=NC(C)C. The van der Waals surface area contributed by atoms with Gasteiger partial charge in [0.2, 0.25) is 11.8 Å². The van der Waals surface area contributed by atoms with Crippen molar-refractivity contribution in [3.63, 3.8) is 0 Å². The fourth-order valence-corrected chi connectivity index (χ4v) is 3.19. The second-order valence-corrected chi connectivity index (χ2v) is 9.41. The quantitative estimate of drug-likeness (QED) is 0.116. The van der Waals surface area contributed by atoms with E-state index in [9.17, 15) is 19.2 Å². The van der Waals surface area contributed by atoms with Crippen molar-refractivity contribution in [1.82, 2.24) is 16.0 Å². The summed E-state index contributed by atoms with van der Waals surface area (Å²) in [6, 6.07) is 4.46. The number of benzene rings is 1. The summed E-state index contributed by atoms with van der Waals surface area (Å²) in [4.78, 5) is 56.8. The predicted molar refractivity (Wildman–Crippen MR) is 152 cm³/mol. The molecule has 1 aromatic rings. The number of anilines is 1. The van der Waals surface area contributed by atoms with Gasteiger partial charge in [-0.15, -0.1) is 0 Å². The van der Waals surface area contributed by atoms with Crippen LogP contribution in [0.2, 0.25) is 0 Å². The minimum Gasteiger partial charge on any atom is -0.445 e. The number of hydrogen-bond acceptors (Lipinski definition) is 7. The molecule has 0 aliphatic heterocycles. The van der Waals surface area contributed by atoms with Gasteiger partial charge >= 0.3 is 12.1 Å². The normalized spacial score (nSPS) is 13.2. The van der Waals surface area contributed by atoms with Gasteiger partial charge in [-0.3, -0.25) is 14.6 Å². The van der Waals surface area contributed by atoms with E-state index in [-0.39, 0.29) is 38.1 Å². The number of nitrogens with zero attached hydrogens (tertiary/aromatic N) is 2. The van der Waals surface area contributed by atoms with Crippen LogP contribution in [0, 0.1) is 5.92 Å². The monoisotopic (exact) mass is 546 g/mol. The summed E-state index contributed by atoms with van der Waals surface area (Å²) in [6.07, 6.45) is 1.66. The highest BCUT2D eigenvalue weighted by Crippen LogP contribution is 2.12. The molecular formula is C26H42N8O5. The van der Waals surface area contributed by atoms with Crippen molar-refractivity contribution in [3.8, 4) is 0 Å². The summed E-state index contributed by atoms with van der Waals surface area (Å²) in [5.41, 5.74) is 12.2. The van der Waals surface area contributed by atoms with Gasteiger partial charge in [0.05, 0.1) is 12.6 Å². The first kappa shape index (κ1) is 33.0. The lowest BCUT2D eigenvalue weighted by Crippen LogP contribution is -2.51. The number of amides is 5. The van der Waals surface area contributed by atoms with Crippen molar-refractivity contribution in [2.45, 2.75) is 72.2 Å². The molecule has 1 aromatic carbocycles. The summed E-state index contributed by atoms with van der Waals surface area (Å²) >= 11 is 0. The third-order valence-corrected chi connectivity index (χ3v) is 5.29. The van der Waals surface area contributed by atoms with Gasteiger partial charge in [0, 0.05) is 24.5 Å². The molecule has 0 saturated heterocycles. The zero-order valence-corrected chi connectivity index (χ0v) is 23.3.